The highest BCUT2D eigenvalue weighted by molar-refractivity contribution is 9.10. The van der Waals surface area contributed by atoms with Crippen molar-refractivity contribution in [1.29, 1.82) is 0 Å². The second-order valence-electron chi connectivity index (χ2n) is 5.99. The van der Waals surface area contributed by atoms with E-state index < -0.39 is 0 Å². The highest BCUT2D eigenvalue weighted by atomic mass is 79.9. The average molecular weight is 342 g/mol. The smallest absolute Gasteiger partial charge is 0.124 e. The van der Waals surface area contributed by atoms with E-state index in [9.17, 15) is 4.39 Å². The minimum absolute atomic E-state index is 0.138. The van der Waals surface area contributed by atoms with Gasteiger partial charge < -0.3 is 5.32 Å². The third-order valence-electron chi connectivity index (χ3n) is 4.32. The molecule has 1 aromatic rings. The predicted molar refractivity (Wildman–Crippen MR) is 86.4 cm³/mol. The number of nitrogens with one attached hydrogen (secondary N) is 1. The van der Waals surface area contributed by atoms with Crippen LogP contribution in [0.5, 0.6) is 0 Å². The van der Waals surface area contributed by atoms with Crippen LogP contribution in [0.3, 0.4) is 0 Å². The number of hydrogen-bond acceptors (Lipinski definition) is 1. The van der Waals surface area contributed by atoms with Gasteiger partial charge in [-0.3, -0.25) is 0 Å². The number of hydrogen-bond donors (Lipinski definition) is 1. The lowest BCUT2D eigenvalue weighted by Crippen LogP contribution is -2.29. The van der Waals surface area contributed by atoms with E-state index in [0.29, 0.717) is 5.92 Å². The number of halogens is 2. The van der Waals surface area contributed by atoms with Crippen LogP contribution in [0.1, 0.15) is 44.6 Å². The summed E-state index contributed by atoms with van der Waals surface area (Å²) in [4.78, 5) is 0. The molecule has 1 saturated carbocycles. The standard InChI is InChI=1S/C17H25BrFN/c1-2-7-20-12-15(14-5-3-4-6-14)8-13-9-16(18)11-17(19)10-13/h9-11,14-15,20H,2-8,12H2,1H3. The summed E-state index contributed by atoms with van der Waals surface area (Å²) < 4.78 is 14.4. The van der Waals surface area contributed by atoms with Gasteiger partial charge >= 0.3 is 0 Å². The van der Waals surface area contributed by atoms with Gasteiger partial charge in [-0.1, -0.05) is 48.5 Å². The largest absolute Gasteiger partial charge is 0.316 e. The Hall–Kier alpha value is -0.410. The molecule has 1 unspecified atom stereocenters. The van der Waals surface area contributed by atoms with Crippen LogP contribution in [-0.4, -0.2) is 13.1 Å². The summed E-state index contributed by atoms with van der Waals surface area (Å²) in [6.07, 6.45) is 7.56. The molecule has 1 aliphatic rings. The Kier molecular flexibility index (Phi) is 6.50. The molecule has 1 nitrogen and oxygen atoms in total. The summed E-state index contributed by atoms with van der Waals surface area (Å²) in [6.45, 7) is 4.34. The molecule has 0 amide bonds. The summed E-state index contributed by atoms with van der Waals surface area (Å²) in [5, 5.41) is 3.56. The summed E-state index contributed by atoms with van der Waals surface area (Å²) >= 11 is 3.39. The van der Waals surface area contributed by atoms with Crippen LogP contribution in [-0.2, 0) is 6.42 Å². The molecule has 0 bridgehead atoms. The maximum atomic E-state index is 13.5. The molecule has 3 heteroatoms. The summed E-state index contributed by atoms with van der Waals surface area (Å²) in [5.74, 6) is 1.31. The molecule has 2 rings (SSSR count). The van der Waals surface area contributed by atoms with Crippen molar-refractivity contribution in [2.75, 3.05) is 13.1 Å². The maximum absolute atomic E-state index is 13.5. The monoisotopic (exact) mass is 341 g/mol. The molecule has 1 N–H and O–H groups in total. The van der Waals surface area contributed by atoms with Crippen molar-refractivity contribution in [2.24, 2.45) is 11.8 Å². The van der Waals surface area contributed by atoms with Gasteiger partial charge in [0.25, 0.3) is 0 Å². The first-order chi connectivity index (χ1) is 9.69. The van der Waals surface area contributed by atoms with E-state index in [4.69, 9.17) is 0 Å². The zero-order valence-electron chi connectivity index (χ0n) is 12.3. The predicted octanol–water partition coefficient (Wildman–Crippen LogP) is 4.94. The van der Waals surface area contributed by atoms with Gasteiger partial charge in [0.15, 0.2) is 0 Å². The second kappa shape index (κ2) is 8.14. The van der Waals surface area contributed by atoms with Crippen LogP contribution >= 0.6 is 15.9 Å². The molecule has 20 heavy (non-hydrogen) atoms. The Labute approximate surface area is 130 Å². The van der Waals surface area contributed by atoms with Gasteiger partial charge in [0.1, 0.15) is 5.82 Å². The summed E-state index contributed by atoms with van der Waals surface area (Å²) in [7, 11) is 0. The van der Waals surface area contributed by atoms with Gasteiger partial charge in [0.05, 0.1) is 0 Å². The highest BCUT2D eigenvalue weighted by Gasteiger charge is 2.25. The summed E-state index contributed by atoms with van der Waals surface area (Å²) in [5.41, 5.74) is 1.12. The van der Waals surface area contributed by atoms with Gasteiger partial charge in [-0.15, -0.1) is 0 Å². The Morgan fingerprint density at radius 3 is 2.70 bits per heavy atom. The van der Waals surface area contributed by atoms with Gasteiger partial charge in [-0.2, -0.15) is 0 Å². The molecule has 112 valence electrons. The molecule has 1 fully saturated rings. The Balaban J connectivity index is 2.01. The van der Waals surface area contributed by atoms with Gasteiger partial charge in [0, 0.05) is 4.47 Å². The maximum Gasteiger partial charge on any atom is 0.124 e. The number of rotatable bonds is 7. The molecule has 0 heterocycles. The van der Waals surface area contributed by atoms with Crippen LogP contribution in [0.4, 0.5) is 4.39 Å². The van der Waals surface area contributed by atoms with Gasteiger partial charge in [0.2, 0.25) is 0 Å². The van der Waals surface area contributed by atoms with Crippen LogP contribution in [0, 0.1) is 17.7 Å². The lowest BCUT2D eigenvalue weighted by Gasteiger charge is -2.24. The highest BCUT2D eigenvalue weighted by Crippen LogP contribution is 2.33. The lowest BCUT2D eigenvalue weighted by atomic mass is 9.85. The SMILES string of the molecule is CCCNCC(Cc1cc(F)cc(Br)c1)C1CCCC1. The van der Waals surface area contributed by atoms with E-state index >= 15 is 0 Å². The van der Waals surface area contributed by atoms with Crippen LogP contribution in [0.15, 0.2) is 22.7 Å². The molecule has 1 aliphatic carbocycles. The fourth-order valence-electron chi connectivity index (χ4n) is 3.33. The molecule has 0 saturated heterocycles. The van der Waals surface area contributed by atoms with Gasteiger partial charge in [-0.25, -0.2) is 4.39 Å². The molecule has 0 radical (unpaired) electrons. The molecule has 0 aliphatic heterocycles. The quantitative estimate of drug-likeness (QED) is 0.693. The lowest BCUT2D eigenvalue weighted by molar-refractivity contribution is 0.321. The van der Waals surface area contributed by atoms with Crippen molar-refractivity contribution in [1.82, 2.24) is 5.32 Å². The van der Waals surface area contributed by atoms with Crippen molar-refractivity contribution in [2.45, 2.75) is 45.4 Å². The molecule has 0 aromatic heterocycles. The van der Waals surface area contributed by atoms with Crippen LogP contribution in [0.25, 0.3) is 0 Å². The molecule has 1 aromatic carbocycles. The van der Waals surface area contributed by atoms with Crippen molar-refractivity contribution < 1.29 is 4.39 Å². The topological polar surface area (TPSA) is 12.0 Å². The Bertz CT molecular complexity index is 395. The molecule has 1 atom stereocenters. The van der Waals surface area contributed by atoms with Crippen molar-refractivity contribution in [3.05, 3.63) is 34.1 Å². The normalized spacial score (nSPS) is 17.6. The van der Waals surface area contributed by atoms with Crippen molar-refractivity contribution in [3.63, 3.8) is 0 Å². The first kappa shape index (κ1) is 16.0. The molecular formula is C17H25BrFN. The van der Waals surface area contributed by atoms with E-state index in [1.807, 2.05) is 0 Å². The minimum atomic E-state index is -0.138. The first-order valence-electron chi connectivity index (χ1n) is 7.84. The van der Waals surface area contributed by atoms with E-state index in [0.717, 1.165) is 35.5 Å². The fraction of sp³-hybridized carbons (Fsp3) is 0.647. The third kappa shape index (κ3) is 4.85. The average Bonchev–Trinajstić information content (AvgIpc) is 2.90. The van der Waals surface area contributed by atoms with E-state index in [2.05, 4.69) is 34.2 Å². The fourth-order valence-corrected chi connectivity index (χ4v) is 3.84. The Morgan fingerprint density at radius 2 is 2.05 bits per heavy atom. The Morgan fingerprint density at radius 1 is 1.30 bits per heavy atom. The van der Waals surface area contributed by atoms with Crippen molar-refractivity contribution >= 4 is 15.9 Å². The zero-order chi connectivity index (χ0) is 14.4. The first-order valence-corrected chi connectivity index (χ1v) is 8.64. The zero-order valence-corrected chi connectivity index (χ0v) is 13.9. The molecule has 0 spiro atoms. The number of benzene rings is 1. The third-order valence-corrected chi connectivity index (χ3v) is 4.78. The van der Waals surface area contributed by atoms with E-state index in [1.165, 1.54) is 38.2 Å². The van der Waals surface area contributed by atoms with E-state index in [-0.39, 0.29) is 5.82 Å². The van der Waals surface area contributed by atoms with Crippen LogP contribution in [0.2, 0.25) is 0 Å². The van der Waals surface area contributed by atoms with E-state index in [1.54, 1.807) is 6.07 Å². The van der Waals surface area contributed by atoms with Crippen LogP contribution < -0.4 is 5.32 Å². The van der Waals surface area contributed by atoms with Gasteiger partial charge in [-0.05, 0) is 61.5 Å². The summed E-state index contributed by atoms with van der Waals surface area (Å²) in [6, 6.07) is 5.28. The second-order valence-corrected chi connectivity index (χ2v) is 6.91. The minimum Gasteiger partial charge on any atom is -0.316 e. The molecular weight excluding hydrogens is 317 g/mol. The van der Waals surface area contributed by atoms with Crippen molar-refractivity contribution in [3.8, 4) is 0 Å².